The average Bonchev–Trinajstić information content (AvgIpc) is 2.60. The van der Waals surface area contributed by atoms with Crippen LogP contribution in [0.25, 0.3) is 0 Å². The van der Waals surface area contributed by atoms with Crippen molar-refractivity contribution in [1.29, 1.82) is 0 Å². The molecule has 4 nitrogen and oxygen atoms in total. The number of hydrogen-bond donors (Lipinski definition) is 1. The van der Waals surface area contributed by atoms with E-state index in [0.29, 0.717) is 25.0 Å². The van der Waals surface area contributed by atoms with Crippen LogP contribution in [0.4, 0.5) is 0 Å². The molecule has 0 aromatic heterocycles. The van der Waals surface area contributed by atoms with Crippen molar-refractivity contribution in [2.24, 2.45) is 11.7 Å². The molecule has 0 radical (unpaired) electrons. The van der Waals surface area contributed by atoms with E-state index in [0.717, 1.165) is 31.4 Å². The van der Waals surface area contributed by atoms with Gasteiger partial charge in [0, 0.05) is 33.0 Å². The Morgan fingerprint density at radius 3 is 2.21 bits per heavy atom. The van der Waals surface area contributed by atoms with E-state index in [4.69, 9.17) is 19.9 Å². The van der Waals surface area contributed by atoms with Crippen LogP contribution in [0.2, 0.25) is 0 Å². The Balaban J connectivity index is 2.25. The van der Waals surface area contributed by atoms with Gasteiger partial charge in [0.15, 0.2) is 5.79 Å². The summed E-state index contributed by atoms with van der Waals surface area (Å²) < 4.78 is 17.2. The molecule has 0 bridgehead atoms. The normalized spacial score (nSPS) is 19.2. The summed E-state index contributed by atoms with van der Waals surface area (Å²) in [5.41, 5.74) is 10.0. The van der Waals surface area contributed by atoms with Gasteiger partial charge < -0.3 is 19.9 Å². The fourth-order valence-electron chi connectivity index (χ4n) is 3.93. The summed E-state index contributed by atoms with van der Waals surface area (Å²) in [7, 11) is 3.47. The summed E-state index contributed by atoms with van der Waals surface area (Å²) in [5, 5.41) is 0. The zero-order chi connectivity index (χ0) is 17.7. The molecule has 1 aromatic carbocycles. The van der Waals surface area contributed by atoms with Gasteiger partial charge in [0.1, 0.15) is 5.75 Å². The molecule has 2 rings (SSSR count). The van der Waals surface area contributed by atoms with Crippen LogP contribution in [-0.4, -0.2) is 33.2 Å². The summed E-state index contributed by atoms with van der Waals surface area (Å²) in [4.78, 5) is 0. The van der Waals surface area contributed by atoms with Crippen LogP contribution in [0.5, 0.6) is 5.75 Å². The Labute approximate surface area is 146 Å². The van der Waals surface area contributed by atoms with Crippen molar-refractivity contribution in [2.75, 3.05) is 27.4 Å². The predicted molar refractivity (Wildman–Crippen MR) is 97.6 cm³/mol. The van der Waals surface area contributed by atoms with Gasteiger partial charge in [-0.05, 0) is 68.8 Å². The minimum atomic E-state index is -0.415. The number of methoxy groups -OCH3 is 2. The number of aryl methyl sites for hydroxylation is 2. The molecule has 1 saturated carbocycles. The van der Waals surface area contributed by atoms with E-state index in [1.165, 1.54) is 16.7 Å². The second-order valence-corrected chi connectivity index (χ2v) is 6.91. The first-order valence-corrected chi connectivity index (χ1v) is 9.04. The number of rotatable bonds is 7. The summed E-state index contributed by atoms with van der Waals surface area (Å²) in [5.74, 6) is 1.43. The molecule has 0 saturated heterocycles. The lowest BCUT2D eigenvalue weighted by Gasteiger charge is -2.40. The molecule has 1 atom stereocenters. The average molecular weight is 335 g/mol. The summed E-state index contributed by atoms with van der Waals surface area (Å²) in [6.45, 7) is 7.63. The van der Waals surface area contributed by atoms with E-state index in [-0.39, 0.29) is 0 Å². The fourth-order valence-corrected chi connectivity index (χ4v) is 3.93. The van der Waals surface area contributed by atoms with Crippen LogP contribution in [0.15, 0.2) is 12.1 Å². The van der Waals surface area contributed by atoms with E-state index in [2.05, 4.69) is 26.0 Å². The summed E-state index contributed by atoms with van der Waals surface area (Å²) >= 11 is 0. The number of benzene rings is 1. The van der Waals surface area contributed by atoms with Crippen LogP contribution in [0, 0.1) is 19.8 Å². The van der Waals surface area contributed by atoms with Crippen molar-refractivity contribution >= 4 is 0 Å². The molecular weight excluding hydrogens is 302 g/mol. The van der Waals surface area contributed by atoms with Crippen molar-refractivity contribution in [3.05, 3.63) is 28.8 Å². The molecule has 1 aliphatic carbocycles. The third-order valence-corrected chi connectivity index (χ3v) is 5.68. The molecule has 136 valence electrons. The molecule has 0 aliphatic heterocycles. The summed E-state index contributed by atoms with van der Waals surface area (Å²) in [6.07, 6.45) is 3.94. The minimum absolute atomic E-state index is 0.317. The number of ether oxygens (including phenoxy) is 3. The molecule has 1 unspecified atom stereocenters. The highest BCUT2D eigenvalue weighted by molar-refractivity contribution is 5.44. The van der Waals surface area contributed by atoms with E-state index in [1.807, 2.05) is 6.92 Å². The van der Waals surface area contributed by atoms with Crippen LogP contribution >= 0.6 is 0 Å². The molecule has 0 amide bonds. The van der Waals surface area contributed by atoms with Crippen molar-refractivity contribution in [2.45, 2.75) is 58.2 Å². The maximum atomic E-state index is 6.20. The third-order valence-electron chi connectivity index (χ3n) is 5.68. The molecule has 1 aliphatic rings. The quantitative estimate of drug-likeness (QED) is 0.767. The number of hydrogen-bond acceptors (Lipinski definition) is 4. The van der Waals surface area contributed by atoms with Crippen LogP contribution in [-0.2, 0) is 9.47 Å². The topological polar surface area (TPSA) is 53.7 Å². The SMILES string of the molecule is CCOc1cc(C)c(C)cc1C(CN)C1CCC(OC)(OC)CC1. The van der Waals surface area contributed by atoms with Crippen molar-refractivity contribution < 1.29 is 14.2 Å². The van der Waals surface area contributed by atoms with Gasteiger partial charge >= 0.3 is 0 Å². The van der Waals surface area contributed by atoms with Crippen molar-refractivity contribution in [3.8, 4) is 5.75 Å². The Bertz CT molecular complexity index is 530. The minimum Gasteiger partial charge on any atom is -0.494 e. The van der Waals surface area contributed by atoms with Gasteiger partial charge in [-0.1, -0.05) is 6.07 Å². The van der Waals surface area contributed by atoms with Gasteiger partial charge in [-0.2, -0.15) is 0 Å². The molecular formula is C20H33NO3. The molecule has 2 N–H and O–H groups in total. The van der Waals surface area contributed by atoms with Gasteiger partial charge in [-0.25, -0.2) is 0 Å². The maximum absolute atomic E-state index is 6.20. The van der Waals surface area contributed by atoms with Crippen LogP contribution < -0.4 is 10.5 Å². The molecule has 4 heteroatoms. The highest BCUT2D eigenvalue weighted by Crippen LogP contribution is 2.43. The standard InChI is InChI=1S/C20H33NO3/c1-6-24-19-12-15(3)14(2)11-17(19)18(13-21)16-7-9-20(22-4,23-5)10-8-16/h11-12,16,18H,6-10,13,21H2,1-5H3. The van der Waals surface area contributed by atoms with Gasteiger partial charge in [0.2, 0.25) is 0 Å². The van der Waals surface area contributed by atoms with E-state index >= 15 is 0 Å². The number of nitrogens with two attached hydrogens (primary N) is 1. The van der Waals surface area contributed by atoms with E-state index < -0.39 is 5.79 Å². The van der Waals surface area contributed by atoms with Gasteiger partial charge in [0.05, 0.1) is 6.61 Å². The first-order chi connectivity index (χ1) is 11.5. The Morgan fingerprint density at radius 1 is 1.12 bits per heavy atom. The third kappa shape index (κ3) is 3.93. The highest BCUT2D eigenvalue weighted by atomic mass is 16.7. The lowest BCUT2D eigenvalue weighted by Crippen LogP contribution is -2.40. The van der Waals surface area contributed by atoms with Crippen molar-refractivity contribution in [1.82, 2.24) is 0 Å². The smallest absolute Gasteiger partial charge is 0.167 e. The Kier molecular flexibility index (Phi) is 6.67. The van der Waals surface area contributed by atoms with Gasteiger partial charge in [0.25, 0.3) is 0 Å². The molecule has 1 fully saturated rings. The molecule has 0 heterocycles. The largest absolute Gasteiger partial charge is 0.494 e. The van der Waals surface area contributed by atoms with E-state index in [9.17, 15) is 0 Å². The zero-order valence-corrected chi connectivity index (χ0v) is 15.9. The first-order valence-electron chi connectivity index (χ1n) is 9.04. The lowest BCUT2D eigenvalue weighted by molar-refractivity contribution is -0.228. The Morgan fingerprint density at radius 2 is 1.71 bits per heavy atom. The second kappa shape index (κ2) is 8.32. The van der Waals surface area contributed by atoms with Gasteiger partial charge in [-0.3, -0.25) is 0 Å². The van der Waals surface area contributed by atoms with Crippen LogP contribution in [0.1, 0.15) is 55.2 Å². The zero-order valence-electron chi connectivity index (χ0n) is 15.9. The molecule has 1 aromatic rings. The van der Waals surface area contributed by atoms with Crippen LogP contribution in [0.3, 0.4) is 0 Å². The molecule has 24 heavy (non-hydrogen) atoms. The first kappa shape index (κ1) is 19.2. The van der Waals surface area contributed by atoms with Gasteiger partial charge in [-0.15, -0.1) is 0 Å². The highest BCUT2D eigenvalue weighted by Gasteiger charge is 2.38. The Hall–Kier alpha value is -1.10. The van der Waals surface area contributed by atoms with E-state index in [1.54, 1.807) is 14.2 Å². The molecule has 0 spiro atoms. The predicted octanol–water partition coefficient (Wildman–Crippen LogP) is 3.92. The summed E-state index contributed by atoms with van der Waals surface area (Å²) in [6, 6.07) is 4.43. The lowest BCUT2D eigenvalue weighted by atomic mass is 9.74. The maximum Gasteiger partial charge on any atom is 0.167 e. The second-order valence-electron chi connectivity index (χ2n) is 6.91. The van der Waals surface area contributed by atoms with Crippen molar-refractivity contribution in [3.63, 3.8) is 0 Å². The fraction of sp³-hybridized carbons (Fsp3) is 0.700. The monoisotopic (exact) mass is 335 g/mol.